The maximum atomic E-state index is 10.5. The van der Waals surface area contributed by atoms with E-state index in [1.807, 2.05) is 6.07 Å². The summed E-state index contributed by atoms with van der Waals surface area (Å²) in [6, 6.07) is 10.6. The molecule has 20 heavy (non-hydrogen) atoms. The summed E-state index contributed by atoms with van der Waals surface area (Å²) in [4.78, 5) is 0.949. The van der Waals surface area contributed by atoms with Gasteiger partial charge in [0.25, 0.3) is 0 Å². The maximum Gasteiger partial charge on any atom is 0.107 e. The van der Waals surface area contributed by atoms with E-state index in [2.05, 4.69) is 40.2 Å². The Balaban J connectivity index is 1.78. The zero-order valence-electron chi connectivity index (χ0n) is 11.0. The monoisotopic (exact) mass is 370 g/mol. The van der Waals surface area contributed by atoms with Gasteiger partial charge in [-0.15, -0.1) is 11.3 Å². The predicted molar refractivity (Wildman–Crippen MR) is 88.7 cm³/mol. The van der Waals surface area contributed by atoms with Crippen LogP contribution in [0.2, 0.25) is 4.34 Å². The molecule has 2 unspecified atom stereocenters. The molecule has 0 radical (unpaired) electrons. The first-order valence-corrected chi connectivity index (χ1v) is 8.84. The molecule has 0 bridgehead atoms. The van der Waals surface area contributed by atoms with Crippen molar-refractivity contribution in [1.29, 1.82) is 0 Å². The lowest BCUT2D eigenvalue weighted by Gasteiger charge is -2.27. The van der Waals surface area contributed by atoms with Crippen molar-refractivity contribution in [3.05, 3.63) is 55.1 Å². The highest BCUT2D eigenvalue weighted by molar-refractivity contribution is 9.10. The highest BCUT2D eigenvalue weighted by Crippen LogP contribution is 2.41. The van der Waals surface area contributed by atoms with Crippen LogP contribution in [0.3, 0.4) is 0 Å². The Kier molecular flexibility index (Phi) is 4.51. The first-order chi connectivity index (χ1) is 9.65. The Bertz CT molecular complexity index is 591. The molecule has 0 saturated heterocycles. The van der Waals surface area contributed by atoms with E-state index in [-0.39, 0.29) is 0 Å². The Hall–Kier alpha value is -0.350. The lowest BCUT2D eigenvalue weighted by Crippen LogP contribution is -2.12. The molecular weight excluding hydrogens is 356 g/mol. The normalized spacial score (nSPS) is 19.6. The number of fused-ring (bicyclic) bond motifs is 1. The molecule has 1 aliphatic carbocycles. The number of halogens is 2. The van der Waals surface area contributed by atoms with Crippen LogP contribution < -0.4 is 0 Å². The molecule has 1 aliphatic rings. The molecule has 106 valence electrons. The van der Waals surface area contributed by atoms with Crippen LogP contribution in [0.4, 0.5) is 0 Å². The Morgan fingerprint density at radius 3 is 2.95 bits per heavy atom. The van der Waals surface area contributed by atoms with Crippen LogP contribution in [0.15, 0.2) is 34.8 Å². The molecule has 1 N–H and O–H groups in total. The molecule has 2 aromatic rings. The standard InChI is InChI=1S/C16H16BrClOS/c17-13-9-15(20-16(13)18)14(19)8-11-6-3-5-10-4-1-2-7-12(10)11/h1-2,4,7,9,11,14,19H,3,5-6,8H2. The fourth-order valence-corrected chi connectivity index (χ4v) is 4.75. The molecule has 1 nitrogen and oxygen atoms in total. The van der Waals surface area contributed by atoms with Crippen LogP contribution >= 0.6 is 38.9 Å². The Morgan fingerprint density at radius 2 is 2.20 bits per heavy atom. The summed E-state index contributed by atoms with van der Waals surface area (Å²) in [7, 11) is 0. The van der Waals surface area contributed by atoms with Crippen LogP contribution in [-0.4, -0.2) is 5.11 Å². The van der Waals surface area contributed by atoms with Crippen LogP contribution in [0.5, 0.6) is 0 Å². The van der Waals surface area contributed by atoms with Gasteiger partial charge in [0, 0.05) is 9.35 Å². The van der Waals surface area contributed by atoms with Crippen molar-refractivity contribution in [3.63, 3.8) is 0 Å². The second-order valence-electron chi connectivity index (χ2n) is 5.31. The lowest BCUT2D eigenvalue weighted by molar-refractivity contribution is 0.157. The van der Waals surface area contributed by atoms with E-state index in [9.17, 15) is 5.11 Å². The summed E-state index contributed by atoms with van der Waals surface area (Å²) in [5.41, 5.74) is 2.86. The van der Waals surface area contributed by atoms with E-state index < -0.39 is 6.10 Å². The number of aryl methyl sites for hydroxylation is 1. The highest BCUT2D eigenvalue weighted by Gasteiger charge is 2.24. The van der Waals surface area contributed by atoms with Crippen LogP contribution in [0.1, 0.15) is 47.3 Å². The number of hydrogen-bond acceptors (Lipinski definition) is 2. The van der Waals surface area contributed by atoms with E-state index in [1.165, 1.54) is 35.3 Å². The molecule has 1 aromatic carbocycles. The van der Waals surface area contributed by atoms with E-state index in [0.29, 0.717) is 10.3 Å². The molecule has 4 heteroatoms. The molecule has 1 heterocycles. The topological polar surface area (TPSA) is 20.2 Å². The SMILES string of the molecule is OC(CC1CCCc2ccccc21)c1cc(Br)c(Cl)s1. The van der Waals surface area contributed by atoms with Crippen LogP contribution in [0.25, 0.3) is 0 Å². The zero-order chi connectivity index (χ0) is 14.1. The van der Waals surface area contributed by atoms with Gasteiger partial charge in [-0.25, -0.2) is 0 Å². The minimum absolute atomic E-state index is 0.431. The fraction of sp³-hybridized carbons (Fsp3) is 0.375. The summed E-state index contributed by atoms with van der Waals surface area (Å²) in [5.74, 6) is 0.453. The number of benzene rings is 1. The first-order valence-electron chi connectivity index (χ1n) is 6.85. The van der Waals surface area contributed by atoms with Crippen LogP contribution in [0, 0.1) is 0 Å². The van der Waals surface area contributed by atoms with E-state index in [4.69, 9.17) is 11.6 Å². The number of rotatable bonds is 3. The third-order valence-electron chi connectivity index (χ3n) is 3.99. The minimum Gasteiger partial charge on any atom is -0.388 e. The summed E-state index contributed by atoms with van der Waals surface area (Å²) in [6.07, 6.45) is 3.89. The van der Waals surface area contributed by atoms with Gasteiger partial charge in [0.2, 0.25) is 0 Å². The molecule has 0 aliphatic heterocycles. The van der Waals surface area contributed by atoms with Crippen molar-refractivity contribution in [2.24, 2.45) is 0 Å². The van der Waals surface area contributed by atoms with Gasteiger partial charge < -0.3 is 5.11 Å². The molecule has 1 aromatic heterocycles. The van der Waals surface area contributed by atoms with Crippen molar-refractivity contribution >= 4 is 38.9 Å². The molecular formula is C16H16BrClOS. The molecule has 2 atom stereocenters. The predicted octanol–water partition coefficient (Wildman–Crippen LogP) is 5.71. The van der Waals surface area contributed by atoms with Gasteiger partial charge in [0.1, 0.15) is 4.34 Å². The van der Waals surface area contributed by atoms with Gasteiger partial charge >= 0.3 is 0 Å². The molecule has 0 saturated carbocycles. The quantitative estimate of drug-likeness (QED) is 0.733. The number of aliphatic hydroxyl groups excluding tert-OH is 1. The number of hydrogen-bond donors (Lipinski definition) is 1. The van der Waals surface area contributed by atoms with Gasteiger partial charge in [-0.05, 0) is 64.7 Å². The summed E-state index contributed by atoms with van der Waals surface area (Å²) < 4.78 is 1.59. The highest BCUT2D eigenvalue weighted by atomic mass is 79.9. The lowest BCUT2D eigenvalue weighted by atomic mass is 9.80. The number of aliphatic hydroxyl groups is 1. The van der Waals surface area contributed by atoms with Crippen molar-refractivity contribution in [2.75, 3.05) is 0 Å². The Labute approximate surface area is 136 Å². The average molecular weight is 372 g/mol. The van der Waals surface area contributed by atoms with Gasteiger partial charge in [0.05, 0.1) is 6.10 Å². The third-order valence-corrected chi connectivity index (χ3v) is 6.57. The van der Waals surface area contributed by atoms with Crippen LogP contribution in [-0.2, 0) is 6.42 Å². The average Bonchev–Trinajstić information content (AvgIpc) is 2.79. The Morgan fingerprint density at radius 1 is 1.40 bits per heavy atom. The zero-order valence-corrected chi connectivity index (χ0v) is 14.1. The second kappa shape index (κ2) is 6.18. The largest absolute Gasteiger partial charge is 0.388 e. The minimum atomic E-state index is -0.431. The van der Waals surface area contributed by atoms with Crippen molar-refractivity contribution in [3.8, 4) is 0 Å². The molecule has 3 rings (SSSR count). The van der Waals surface area contributed by atoms with Crippen molar-refractivity contribution < 1.29 is 5.11 Å². The van der Waals surface area contributed by atoms with Crippen molar-refractivity contribution in [2.45, 2.75) is 37.7 Å². The van der Waals surface area contributed by atoms with E-state index in [0.717, 1.165) is 22.2 Å². The van der Waals surface area contributed by atoms with Gasteiger partial charge in [0.15, 0.2) is 0 Å². The van der Waals surface area contributed by atoms with Gasteiger partial charge in [-0.3, -0.25) is 0 Å². The second-order valence-corrected chi connectivity index (χ2v) is 7.85. The summed E-state index contributed by atoms with van der Waals surface area (Å²) >= 11 is 10.9. The number of thiophene rings is 1. The smallest absolute Gasteiger partial charge is 0.107 e. The van der Waals surface area contributed by atoms with Gasteiger partial charge in [-0.2, -0.15) is 0 Å². The van der Waals surface area contributed by atoms with E-state index in [1.54, 1.807) is 0 Å². The fourth-order valence-electron chi connectivity index (χ4n) is 3.01. The maximum absolute atomic E-state index is 10.5. The summed E-state index contributed by atoms with van der Waals surface area (Å²) in [5, 5.41) is 10.5. The molecule has 0 fully saturated rings. The van der Waals surface area contributed by atoms with Crippen molar-refractivity contribution in [1.82, 2.24) is 0 Å². The molecule has 0 amide bonds. The summed E-state index contributed by atoms with van der Waals surface area (Å²) in [6.45, 7) is 0. The van der Waals surface area contributed by atoms with Gasteiger partial charge in [-0.1, -0.05) is 35.9 Å². The third kappa shape index (κ3) is 2.96. The molecule has 0 spiro atoms. The first kappa shape index (κ1) is 14.6. The van der Waals surface area contributed by atoms with E-state index >= 15 is 0 Å².